The lowest BCUT2D eigenvalue weighted by Crippen LogP contribution is -2.39. The maximum Gasteiger partial charge on any atom is 0.314 e. The molecular weight excluding hydrogens is 176 g/mol. The number of rotatable bonds is 7. The average molecular weight is 200 g/mol. The number of unbranched alkanes of at least 4 members (excludes halogenated alkanes) is 4. The minimum atomic E-state index is -0.0458. The van der Waals surface area contributed by atoms with Crippen molar-refractivity contribution in [1.82, 2.24) is 10.6 Å². The first kappa shape index (κ1) is 13.3. The van der Waals surface area contributed by atoms with E-state index in [-0.39, 0.29) is 12.1 Å². The van der Waals surface area contributed by atoms with Crippen molar-refractivity contribution in [2.24, 2.45) is 0 Å². The molecule has 0 saturated carbocycles. The molecule has 0 aromatic heterocycles. The van der Waals surface area contributed by atoms with Crippen molar-refractivity contribution in [2.45, 2.75) is 58.9 Å². The Hall–Kier alpha value is -0.730. The number of nitrogens with one attached hydrogen (secondary N) is 2. The third-order valence-corrected chi connectivity index (χ3v) is 1.99. The van der Waals surface area contributed by atoms with Crippen molar-refractivity contribution in [3.8, 4) is 0 Å². The lowest BCUT2D eigenvalue weighted by molar-refractivity contribution is 0.238. The van der Waals surface area contributed by atoms with Gasteiger partial charge in [-0.05, 0) is 20.3 Å². The summed E-state index contributed by atoms with van der Waals surface area (Å²) in [6, 6.07) is 0.172. The molecule has 0 atom stereocenters. The molecule has 0 aliphatic rings. The highest BCUT2D eigenvalue weighted by Gasteiger charge is 2.00. The molecule has 0 radical (unpaired) electrons. The predicted molar refractivity (Wildman–Crippen MR) is 60.4 cm³/mol. The van der Waals surface area contributed by atoms with Crippen molar-refractivity contribution >= 4 is 6.03 Å². The van der Waals surface area contributed by atoms with Gasteiger partial charge in [-0.1, -0.05) is 32.6 Å². The number of amides is 2. The Morgan fingerprint density at radius 1 is 1.14 bits per heavy atom. The second-order valence-corrected chi connectivity index (χ2v) is 3.97. The highest BCUT2D eigenvalue weighted by Crippen LogP contribution is 2.00. The van der Waals surface area contributed by atoms with Crippen molar-refractivity contribution in [1.29, 1.82) is 0 Å². The topological polar surface area (TPSA) is 41.1 Å². The van der Waals surface area contributed by atoms with Gasteiger partial charge in [0.1, 0.15) is 0 Å². The van der Waals surface area contributed by atoms with Crippen LogP contribution in [0.2, 0.25) is 0 Å². The van der Waals surface area contributed by atoms with Gasteiger partial charge in [0.15, 0.2) is 0 Å². The van der Waals surface area contributed by atoms with E-state index in [0.29, 0.717) is 0 Å². The zero-order valence-electron chi connectivity index (χ0n) is 9.73. The van der Waals surface area contributed by atoms with Gasteiger partial charge >= 0.3 is 6.03 Å². The molecular formula is C11H24N2O. The Morgan fingerprint density at radius 2 is 1.79 bits per heavy atom. The Bertz CT molecular complexity index is 146. The van der Waals surface area contributed by atoms with E-state index in [1.165, 1.54) is 25.7 Å². The van der Waals surface area contributed by atoms with Crippen molar-refractivity contribution in [2.75, 3.05) is 6.54 Å². The minimum Gasteiger partial charge on any atom is -0.338 e. The van der Waals surface area contributed by atoms with Gasteiger partial charge in [-0.3, -0.25) is 0 Å². The van der Waals surface area contributed by atoms with E-state index in [0.717, 1.165) is 13.0 Å². The molecule has 2 amide bonds. The van der Waals surface area contributed by atoms with Crippen LogP contribution in [-0.2, 0) is 0 Å². The molecule has 14 heavy (non-hydrogen) atoms. The van der Waals surface area contributed by atoms with Crippen LogP contribution in [0.15, 0.2) is 0 Å². The molecule has 3 heteroatoms. The van der Waals surface area contributed by atoms with E-state index in [1.807, 2.05) is 13.8 Å². The molecule has 0 rings (SSSR count). The van der Waals surface area contributed by atoms with E-state index in [4.69, 9.17) is 0 Å². The standard InChI is InChI=1S/C11H24N2O/c1-4-5-6-7-8-9-12-11(14)13-10(2)3/h10H,4-9H2,1-3H3,(H2,12,13,14). The summed E-state index contributed by atoms with van der Waals surface area (Å²) in [5, 5.41) is 5.64. The van der Waals surface area contributed by atoms with Crippen LogP contribution in [-0.4, -0.2) is 18.6 Å². The molecule has 0 spiro atoms. The first-order chi connectivity index (χ1) is 6.66. The minimum absolute atomic E-state index is 0.0458. The van der Waals surface area contributed by atoms with Crippen LogP contribution in [0.25, 0.3) is 0 Å². The summed E-state index contributed by atoms with van der Waals surface area (Å²) >= 11 is 0. The maximum atomic E-state index is 11.1. The molecule has 0 aromatic carbocycles. The molecule has 0 aliphatic carbocycles. The summed E-state index contributed by atoms with van der Waals surface area (Å²) in [6.45, 7) is 6.91. The fourth-order valence-electron chi connectivity index (χ4n) is 1.24. The first-order valence-corrected chi connectivity index (χ1v) is 5.71. The molecule has 84 valence electrons. The third-order valence-electron chi connectivity index (χ3n) is 1.99. The van der Waals surface area contributed by atoms with Crippen LogP contribution in [0, 0.1) is 0 Å². The summed E-state index contributed by atoms with van der Waals surface area (Å²) in [5.41, 5.74) is 0. The first-order valence-electron chi connectivity index (χ1n) is 5.71. The van der Waals surface area contributed by atoms with Gasteiger partial charge in [-0.15, -0.1) is 0 Å². The SMILES string of the molecule is CCCCCCCNC(=O)NC(C)C. The summed E-state index contributed by atoms with van der Waals surface area (Å²) in [7, 11) is 0. The highest BCUT2D eigenvalue weighted by molar-refractivity contribution is 5.73. The summed E-state index contributed by atoms with van der Waals surface area (Å²) in [6.07, 6.45) is 6.16. The molecule has 0 fully saturated rings. The Labute approximate surface area is 87.6 Å². The van der Waals surface area contributed by atoms with E-state index in [1.54, 1.807) is 0 Å². The maximum absolute atomic E-state index is 11.1. The fourth-order valence-corrected chi connectivity index (χ4v) is 1.24. The molecule has 0 bridgehead atoms. The monoisotopic (exact) mass is 200 g/mol. The lowest BCUT2D eigenvalue weighted by Gasteiger charge is -2.09. The van der Waals surface area contributed by atoms with Gasteiger partial charge in [0.2, 0.25) is 0 Å². The van der Waals surface area contributed by atoms with E-state index >= 15 is 0 Å². The van der Waals surface area contributed by atoms with Crippen molar-refractivity contribution in [3.05, 3.63) is 0 Å². The summed E-state index contributed by atoms with van der Waals surface area (Å²) in [5.74, 6) is 0. The smallest absolute Gasteiger partial charge is 0.314 e. The van der Waals surface area contributed by atoms with Crippen molar-refractivity contribution < 1.29 is 4.79 Å². The number of hydrogen-bond acceptors (Lipinski definition) is 1. The van der Waals surface area contributed by atoms with Crippen molar-refractivity contribution in [3.63, 3.8) is 0 Å². The van der Waals surface area contributed by atoms with Crippen LogP contribution >= 0.6 is 0 Å². The third kappa shape index (κ3) is 9.36. The molecule has 0 aromatic rings. The van der Waals surface area contributed by atoms with Crippen LogP contribution in [0.4, 0.5) is 4.79 Å². The summed E-state index contributed by atoms with van der Waals surface area (Å²) < 4.78 is 0. The molecule has 0 unspecified atom stereocenters. The van der Waals surface area contributed by atoms with Gasteiger partial charge in [0.05, 0.1) is 0 Å². The molecule has 0 heterocycles. The normalized spacial score (nSPS) is 10.3. The Balaban J connectivity index is 3.15. The lowest BCUT2D eigenvalue weighted by atomic mass is 10.1. The number of carbonyl (C=O) groups is 1. The van der Waals surface area contributed by atoms with Crippen LogP contribution in [0.3, 0.4) is 0 Å². The van der Waals surface area contributed by atoms with Gasteiger partial charge in [0.25, 0.3) is 0 Å². The Kier molecular flexibility index (Phi) is 8.39. The van der Waals surface area contributed by atoms with Gasteiger partial charge in [-0.25, -0.2) is 4.79 Å². The quantitative estimate of drug-likeness (QED) is 0.609. The van der Waals surface area contributed by atoms with Gasteiger partial charge in [-0.2, -0.15) is 0 Å². The highest BCUT2D eigenvalue weighted by atomic mass is 16.2. The second kappa shape index (κ2) is 8.85. The van der Waals surface area contributed by atoms with Crippen LogP contribution < -0.4 is 10.6 Å². The molecule has 2 N–H and O–H groups in total. The van der Waals surface area contributed by atoms with E-state index < -0.39 is 0 Å². The van der Waals surface area contributed by atoms with Crippen LogP contribution in [0.1, 0.15) is 52.9 Å². The fraction of sp³-hybridized carbons (Fsp3) is 0.909. The second-order valence-electron chi connectivity index (χ2n) is 3.97. The van der Waals surface area contributed by atoms with Gasteiger partial charge < -0.3 is 10.6 Å². The van der Waals surface area contributed by atoms with Crippen LogP contribution in [0.5, 0.6) is 0 Å². The molecule has 0 aliphatic heterocycles. The predicted octanol–water partition coefficient (Wildman–Crippen LogP) is 2.66. The number of urea groups is 1. The van der Waals surface area contributed by atoms with E-state index in [9.17, 15) is 4.79 Å². The van der Waals surface area contributed by atoms with E-state index in [2.05, 4.69) is 17.6 Å². The molecule has 3 nitrogen and oxygen atoms in total. The van der Waals surface area contributed by atoms with Gasteiger partial charge in [0, 0.05) is 12.6 Å². The Morgan fingerprint density at radius 3 is 2.36 bits per heavy atom. The number of carbonyl (C=O) groups excluding carboxylic acids is 1. The number of hydrogen-bond donors (Lipinski definition) is 2. The zero-order valence-corrected chi connectivity index (χ0v) is 9.73. The summed E-state index contributed by atoms with van der Waals surface area (Å²) in [4.78, 5) is 11.1. The largest absolute Gasteiger partial charge is 0.338 e. The zero-order chi connectivity index (χ0) is 10.8. The average Bonchev–Trinajstić information content (AvgIpc) is 2.10. The molecule has 0 saturated heterocycles.